The van der Waals surface area contributed by atoms with E-state index in [4.69, 9.17) is 0 Å². The number of carboxylic acid groups (broad SMARTS) is 1. The average Bonchev–Trinajstić information content (AvgIpc) is 2.75. The van der Waals surface area contributed by atoms with Crippen LogP contribution in [0.5, 0.6) is 0 Å². The molecular weight excluding hydrogens is 317 g/mol. The normalized spacial score (nSPS) is 22.6. The largest absolute Gasteiger partial charge is 0.480 e. The SMILES string of the molecule is CC1(C(=O)O)CCCN1C(=O)c1cccc(F)c1Br. The van der Waals surface area contributed by atoms with Gasteiger partial charge in [-0.1, -0.05) is 6.07 Å². The molecule has 19 heavy (non-hydrogen) atoms. The van der Waals surface area contributed by atoms with Crippen LogP contribution < -0.4 is 0 Å². The quantitative estimate of drug-likeness (QED) is 0.907. The smallest absolute Gasteiger partial charge is 0.329 e. The van der Waals surface area contributed by atoms with Gasteiger partial charge in [-0.3, -0.25) is 4.79 Å². The molecule has 0 radical (unpaired) electrons. The van der Waals surface area contributed by atoms with E-state index in [-0.39, 0.29) is 10.0 Å². The summed E-state index contributed by atoms with van der Waals surface area (Å²) in [7, 11) is 0. The molecule has 1 aromatic rings. The standard InChI is InChI=1S/C13H13BrFNO3/c1-13(12(18)19)6-3-7-16(13)11(17)8-4-2-5-9(15)10(8)14/h2,4-5H,3,6-7H2,1H3,(H,18,19). The van der Waals surface area contributed by atoms with Crippen molar-refractivity contribution in [1.82, 2.24) is 4.90 Å². The zero-order chi connectivity index (χ0) is 14.2. The van der Waals surface area contributed by atoms with Gasteiger partial charge in [-0.15, -0.1) is 0 Å². The first kappa shape index (κ1) is 14.0. The summed E-state index contributed by atoms with van der Waals surface area (Å²) < 4.78 is 13.5. The van der Waals surface area contributed by atoms with E-state index >= 15 is 0 Å². The minimum atomic E-state index is -1.22. The Hall–Kier alpha value is -1.43. The van der Waals surface area contributed by atoms with Crippen molar-refractivity contribution >= 4 is 27.8 Å². The summed E-state index contributed by atoms with van der Waals surface area (Å²) >= 11 is 3.03. The van der Waals surface area contributed by atoms with Gasteiger partial charge < -0.3 is 10.0 Å². The van der Waals surface area contributed by atoms with Crippen molar-refractivity contribution in [3.05, 3.63) is 34.1 Å². The molecule has 0 bridgehead atoms. The topological polar surface area (TPSA) is 57.6 Å². The van der Waals surface area contributed by atoms with Crippen LogP contribution in [0, 0.1) is 5.82 Å². The number of carboxylic acids is 1. The molecule has 0 saturated carbocycles. The first-order valence-electron chi connectivity index (χ1n) is 5.87. The molecule has 1 atom stereocenters. The van der Waals surface area contributed by atoms with Gasteiger partial charge in [0.1, 0.15) is 11.4 Å². The van der Waals surface area contributed by atoms with Crippen LogP contribution in [0.4, 0.5) is 4.39 Å². The molecule has 1 saturated heterocycles. The maximum Gasteiger partial charge on any atom is 0.329 e. The second-order valence-corrected chi connectivity index (χ2v) is 5.53. The highest BCUT2D eigenvalue weighted by atomic mass is 79.9. The highest BCUT2D eigenvalue weighted by Gasteiger charge is 2.46. The molecule has 1 N–H and O–H groups in total. The van der Waals surface area contributed by atoms with E-state index < -0.39 is 23.2 Å². The van der Waals surface area contributed by atoms with Crippen molar-refractivity contribution < 1.29 is 19.1 Å². The number of nitrogens with zero attached hydrogens (tertiary/aromatic N) is 1. The van der Waals surface area contributed by atoms with Crippen LogP contribution in [-0.4, -0.2) is 34.0 Å². The Balaban J connectivity index is 2.39. The first-order chi connectivity index (χ1) is 8.88. The fourth-order valence-electron chi connectivity index (χ4n) is 2.33. The van der Waals surface area contributed by atoms with Crippen molar-refractivity contribution in [3.8, 4) is 0 Å². The number of hydrogen-bond donors (Lipinski definition) is 1. The number of benzene rings is 1. The molecule has 4 nitrogen and oxygen atoms in total. The molecule has 1 aromatic carbocycles. The maximum atomic E-state index is 13.4. The molecule has 0 aromatic heterocycles. The molecule has 1 heterocycles. The van der Waals surface area contributed by atoms with Crippen molar-refractivity contribution in [2.75, 3.05) is 6.54 Å². The van der Waals surface area contributed by atoms with Gasteiger partial charge in [0, 0.05) is 6.54 Å². The fraction of sp³-hybridized carbons (Fsp3) is 0.385. The summed E-state index contributed by atoms with van der Waals surface area (Å²) in [6, 6.07) is 4.15. The summed E-state index contributed by atoms with van der Waals surface area (Å²) in [5, 5.41) is 9.28. The monoisotopic (exact) mass is 329 g/mol. The van der Waals surface area contributed by atoms with Gasteiger partial charge in [0.2, 0.25) is 0 Å². The van der Waals surface area contributed by atoms with Gasteiger partial charge in [-0.25, -0.2) is 9.18 Å². The molecule has 1 aliphatic rings. The molecule has 1 fully saturated rings. The van der Waals surface area contributed by atoms with E-state index in [0.717, 1.165) is 0 Å². The third-order valence-corrected chi connectivity index (χ3v) is 4.33. The van der Waals surface area contributed by atoms with Gasteiger partial charge in [0.25, 0.3) is 5.91 Å². The number of aliphatic carboxylic acids is 1. The second-order valence-electron chi connectivity index (χ2n) is 4.74. The van der Waals surface area contributed by atoms with Gasteiger partial charge in [-0.05, 0) is 47.8 Å². The minimum Gasteiger partial charge on any atom is -0.480 e. The predicted molar refractivity (Wildman–Crippen MR) is 70.4 cm³/mol. The fourth-order valence-corrected chi connectivity index (χ4v) is 2.76. The molecule has 1 amide bonds. The summed E-state index contributed by atoms with van der Waals surface area (Å²) in [4.78, 5) is 25.0. The minimum absolute atomic E-state index is 0.0691. The zero-order valence-corrected chi connectivity index (χ0v) is 11.9. The van der Waals surface area contributed by atoms with Gasteiger partial charge in [0.15, 0.2) is 0 Å². The number of amides is 1. The van der Waals surface area contributed by atoms with Gasteiger partial charge in [0.05, 0.1) is 10.0 Å². The molecule has 0 spiro atoms. The Morgan fingerprint density at radius 3 is 2.79 bits per heavy atom. The zero-order valence-electron chi connectivity index (χ0n) is 10.3. The van der Waals surface area contributed by atoms with Crippen molar-refractivity contribution in [3.63, 3.8) is 0 Å². The van der Waals surface area contributed by atoms with Crippen molar-refractivity contribution in [2.45, 2.75) is 25.3 Å². The highest BCUT2D eigenvalue weighted by molar-refractivity contribution is 9.10. The molecule has 2 rings (SSSR count). The van der Waals surface area contributed by atoms with Crippen LogP contribution in [0.2, 0.25) is 0 Å². The third kappa shape index (κ3) is 2.25. The number of halogens is 2. The van der Waals surface area contributed by atoms with Crippen LogP contribution in [0.1, 0.15) is 30.1 Å². The number of carbonyl (C=O) groups is 2. The number of carbonyl (C=O) groups excluding carboxylic acids is 1. The predicted octanol–water partition coefficient (Wildman–Crippen LogP) is 2.67. The Morgan fingerprint density at radius 2 is 2.16 bits per heavy atom. The lowest BCUT2D eigenvalue weighted by molar-refractivity contribution is -0.147. The van der Waals surface area contributed by atoms with Crippen molar-refractivity contribution in [2.24, 2.45) is 0 Å². The van der Waals surface area contributed by atoms with Crippen LogP contribution in [0.15, 0.2) is 22.7 Å². The second kappa shape index (κ2) is 4.92. The van der Waals surface area contributed by atoms with Crippen LogP contribution in [-0.2, 0) is 4.79 Å². The first-order valence-corrected chi connectivity index (χ1v) is 6.66. The number of likely N-dealkylation sites (tertiary alicyclic amines) is 1. The van der Waals surface area contributed by atoms with E-state index in [1.807, 2.05) is 0 Å². The van der Waals surface area contributed by atoms with E-state index in [2.05, 4.69) is 15.9 Å². The van der Waals surface area contributed by atoms with Crippen molar-refractivity contribution in [1.29, 1.82) is 0 Å². The highest BCUT2D eigenvalue weighted by Crippen LogP contribution is 2.32. The molecule has 1 aliphatic heterocycles. The molecule has 0 aliphatic carbocycles. The van der Waals surface area contributed by atoms with Gasteiger partial charge >= 0.3 is 5.97 Å². The lowest BCUT2D eigenvalue weighted by atomic mass is 9.98. The maximum absolute atomic E-state index is 13.4. The Morgan fingerprint density at radius 1 is 1.47 bits per heavy atom. The number of hydrogen-bond acceptors (Lipinski definition) is 2. The molecule has 1 unspecified atom stereocenters. The molecule has 6 heteroatoms. The molecule has 102 valence electrons. The lowest BCUT2D eigenvalue weighted by Crippen LogP contribution is -2.50. The Labute approximate surface area is 118 Å². The summed E-state index contributed by atoms with van der Waals surface area (Å²) in [5.41, 5.74) is -1.07. The van der Waals surface area contributed by atoms with E-state index in [9.17, 15) is 19.1 Å². The Bertz CT molecular complexity index is 549. The molecular formula is C13H13BrFNO3. The van der Waals surface area contributed by atoms with Crippen LogP contribution in [0.25, 0.3) is 0 Å². The van der Waals surface area contributed by atoms with E-state index in [1.54, 1.807) is 0 Å². The lowest BCUT2D eigenvalue weighted by Gasteiger charge is -2.31. The average molecular weight is 330 g/mol. The van der Waals surface area contributed by atoms with E-state index in [1.165, 1.54) is 30.0 Å². The number of rotatable bonds is 2. The summed E-state index contributed by atoms with van der Waals surface area (Å²) in [5.74, 6) is -2.04. The van der Waals surface area contributed by atoms with Crippen LogP contribution >= 0.6 is 15.9 Å². The summed E-state index contributed by atoms with van der Waals surface area (Å²) in [6.45, 7) is 1.89. The van der Waals surface area contributed by atoms with E-state index in [0.29, 0.717) is 19.4 Å². The summed E-state index contributed by atoms with van der Waals surface area (Å²) in [6.07, 6.45) is 1.03. The van der Waals surface area contributed by atoms with Crippen LogP contribution in [0.3, 0.4) is 0 Å². The Kier molecular flexibility index (Phi) is 3.62. The third-order valence-electron chi connectivity index (χ3n) is 3.53. The van der Waals surface area contributed by atoms with Gasteiger partial charge in [-0.2, -0.15) is 0 Å².